The predicted octanol–water partition coefficient (Wildman–Crippen LogP) is 4.51. The van der Waals surface area contributed by atoms with Gasteiger partial charge in [0.2, 0.25) is 5.82 Å². The first-order chi connectivity index (χ1) is 14.5. The molecule has 2 heterocycles. The Morgan fingerprint density at radius 2 is 1.77 bits per heavy atom. The molecule has 6 heteroatoms. The number of nitrogens with zero attached hydrogens (tertiary/aromatic N) is 3. The van der Waals surface area contributed by atoms with E-state index in [9.17, 15) is 4.79 Å². The van der Waals surface area contributed by atoms with E-state index in [1.807, 2.05) is 36.4 Å². The lowest BCUT2D eigenvalue weighted by Crippen LogP contribution is -2.22. The van der Waals surface area contributed by atoms with E-state index in [2.05, 4.69) is 41.0 Å². The fourth-order valence-corrected chi connectivity index (χ4v) is 3.91. The van der Waals surface area contributed by atoms with E-state index in [-0.39, 0.29) is 5.92 Å². The van der Waals surface area contributed by atoms with Gasteiger partial charge in [-0.2, -0.15) is 4.98 Å². The van der Waals surface area contributed by atoms with Gasteiger partial charge in [-0.3, -0.25) is 9.69 Å². The second kappa shape index (κ2) is 8.79. The SMILES string of the molecule is CC(C)Cc1ccc(-c2nc(-c3ccc(CN4CCC(C(=O)O)C4)cc3)no2)cc1. The lowest BCUT2D eigenvalue weighted by Gasteiger charge is -2.15. The third-order valence-electron chi connectivity index (χ3n) is 5.51. The topological polar surface area (TPSA) is 79.5 Å². The van der Waals surface area contributed by atoms with E-state index in [1.54, 1.807) is 0 Å². The molecule has 1 atom stereocenters. The maximum Gasteiger partial charge on any atom is 0.307 e. The molecule has 1 N–H and O–H groups in total. The number of benzene rings is 2. The smallest absolute Gasteiger partial charge is 0.307 e. The third kappa shape index (κ3) is 4.76. The van der Waals surface area contributed by atoms with Crippen molar-refractivity contribution in [1.29, 1.82) is 0 Å². The summed E-state index contributed by atoms with van der Waals surface area (Å²) in [6.45, 7) is 6.61. The van der Waals surface area contributed by atoms with Gasteiger partial charge in [0.1, 0.15) is 0 Å². The summed E-state index contributed by atoms with van der Waals surface area (Å²) in [5.74, 6) is 0.756. The van der Waals surface area contributed by atoms with Crippen molar-refractivity contribution in [3.8, 4) is 22.8 Å². The average molecular weight is 405 g/mol. The van der Waals surface area contributed by atoms with Gasteiger partial charge in [-0.05, 0) is 48.6 Å². The van der Waals surface area contributed by atoms with Crippen LogP contribution in [0.1, 0.15) is 31.4 Å². The molecule has 1 aromatic heterocycles. The fourth-order valence-electron chi connectivity index (χ4n) is 3.91. The molecule has 30 heavy (non-hydrogen) atoms. The summed E-state index contributed by atoms with van der Waals surface area (Å²) < 4.78 is 5.47. The predicted molar refractivity (Wildman–Crippen MR) is 115 cm³/mol. The van der Waals surface area contributed by atoms with Crippen LogP contribution in [-0.2, 0) is 17.8 Å². The van der Waals surface area contributed by atoms with E-state index in [0.29, 0.717) is 24.2 Å². The van der Waals surface area contributed by atoms with Crippen LogP contribution in [-0.4, -0.2) is 39.2 Å². The average Bonchev–Trinajstić information content (AvgIpc) is 3.39. The highest BCUT2D eigenvalue weighted by atomic mass is 16.5. The Labute approximate surface area is 176 Å². The quantitative estimate of drug-likeness (QED) is 0.623. The van der Waals surface area contributed by atoms with Crippen LogP contribution in [0.25, 0.3) is 22.8 Å². The molecule has 6 nitrogen and oxygen atoms in total. The molecule has 0 bridgehead atoms. The van der Waals surface area contributed by atoms with Crippen LogP contribution in [0.15, 0.2) is 53.1 Å². The summed E-state index contributed by atoms with van der Waals surface area (Å²) in [6, 6.07) is 16.3. The molecule has 0 spiro atoms. The van der Waals surface area contributed by atoms with E-state index in [1.165, 1.54) is 5.56 Å². The normalized spacial score (nSPS) is 17.0. The van der Waals surface area contributed by atoms with Crippen LogP contribution in [0.4, 0.5) is 0 Å². The summed E-state index contributed by atoms with van der Waals surface area (Å²) in [7, 11) is 0. The van der Waals surface area contributed by atoms with Crippen molar-refractivity contribution in [1.82, 2.24) is 15.0 Å². The van der Waals surface area contributed by atoms with Crippen LogP contribution in [0.3, 0.4) is 0 Å². The lowest BCUT2D eigenvalue weighted by atomic mass is 10.0. The van der Waals surface area contributed by atoms with Crippen LogP contribution >= 0.6 is 0 Å². The van der Waals surface area contributed by atoms with E-state index < -0.39 is 5.97 Å². The van der Waals surface area contributed by atoms with E-state index in [0.717, 1.165) is 42.6 Å². The molecule has 1 fully saturated rings. The molecule has 1 aliphatic rings. The first-order valence-electron chi connectivity index (χ1n) is 10.5. The summed E-state index contributed by atoms with van der Waals surface area (Å²) in [6.07, 6.45) is 1.77. The first kappa shape index (κ1) is 20.3. The second-order valence-electron chi connectivity index (χ2n) is 8.47. The number of aromatic nitrogens is 2. The van der Waals surface area contributed by atoms with Crippen molar-refractivity contribution in [2.45, 2.75) is 33.2 Å². The van der Waals surface area contributed by atoms with Crippen LogP contribution in [0.5, 0.6) is 0 Å². The van der Waals surface area contributed by atoms with Crippen molar-refractivity contribution >= 4 is 5.97 Å². The molecule has 2 aromatic carbocycles. The van der Waals surface area contributed by atoms with Gasteiger partial charge in [0.15, 0.2) is 0 Å². The maximum absolute atomic E-state index is 11.1. The molecule has 0 radical (unpaired) electrons. The zero-order chi connectivity index (χ0) is 21.1. The van der Waals surface area contributed by atoms with Crippen LogP contribution < -0.4 is 0 Å². The molecule has 4 rings (SSSR count). The minimum atomic E-state index is -0.699. The van der Waals surface area contributed by atoms with Crippen molar-refractivity contribution in [2.75, 3.05) is 13.1 Å². The summed E-state index contributed by atoms with van der Waals surface area (Å²) in [4.78, 5) is 17.8. The molecule has 0 amide bonds. The van der Waals surface area contributed by atoms with Crippen LogP contribution in [0, 0.1) is 11.8 Å². The Balaban J connectivity index is 1.40. The van der Waals surface area contributed by atoms with Crippen molar-refractivity contribution < 1.29 is 14.4 Å². The van der Waals surface area contributed by atoms with Crippen molar-refractivity contribution in [2.24, 2.45) is 11.8 Å². The van der Waals surface area contributed by atoms with Crippen molar-refractivity contribution in [3.05, 3.63) is 59.7 Å². The summed E-state index contributed by atoms with van der Waals surface area (Å²) >= 11 is 0. The molecule has 1 saturated heterocycles. The van der Waals surface area contributed by atoms with Crippen LogP contribution in [0.2, 0.25) is 0 Å². The Kier molecular flexibility index (Phi) is 5.95. The monoisotopic (exact) mass is 405 g/mol. The van der Waals surface area contributed by atoms with Gasteiger partial charge < -0.3 is 9.63 Å². The number of hydrogen-bond donors (Lipinski definition) is 1. The number of rotatable bonds is 7. The van der Waals surface area contributed by atoms with Gasteiger partial charge in [0.05, 0.1) is 5.92 Å². The van der Waals surface area contributed by atoms with Gasteiger partial charge in [-0.1, -0.05) is 55.4 Å². The Bertz CT molecular complexity index is 993. The van der Waals surface area contributed by atoms with E-state index in [4.69, 9.17) is 9.63 Å². The zero-order valence-corrected chi connectivity index (χ0v) is 17.4. The molecule has 1 unspecified atom stereocenters. The molecule has 1 aliphatic heterocycles. The fraction of sp³-hybridized carbons (Fsp3) is 0.375. The molecule has 0 saturated carbocycles. The highest BCUT2D eigenvalue weighted by Crippen LogP contribution is 2.24. The second-order valence-corrected chi connectivity index (χ2v) is 8.47. The Hall–Kier alpha value is -2.99. The lowest BCUT2D eigenvalue weighted by molar-refractivity contribution is -0.141. The zero-order valence-electron chi connectivity index (χ0n) is 17.4. The third-order valence-corrected chi connectivity index (χ3v) is 5.51. The molecule has 156 valence electrons. The standard InChI is InChI=1S/C24H27N3O3/c1-16(2)13-17-3-9-20(10-4-17)23-25-22(26-30-23)19-7-5-18(6-8-19)14-27-12-11-21(15-27)24(28)29/h3-10,16,21H,11-15H2,1-2H3,(H,28,29). The molecular weight excluding hydrogens is 378 g/mol. The van der Waals surface area contributed by atoms with Gasteiger partial charge in [0, 0.05) is 24.2 Å². The number of aliphatic carboxylic acids is 1. The maximum atomic E-state index is 11.1. The number of hydrogen-bond acceptors (Lipinski definition) is 5. The van der Waals surface area contributed by atoms with E-state index >= 15 is 0 Å². The number of carboxylic acids is 1. The van der Waals surface area contributed by atoms with Gasteiger partial charge >= 0.3 is 5.97 Å². The molecule has 3 aromatic rings. The highest BCUT2D eigenvalue weighted by molar-refractivity contribution is 5.70. The van der Waals surface area contributed by atoms with Gasteiger partial charge in [-0.25, -0.2) is 0 Å². The summed E-state index contributed by atoms with van der Waals surface area (Å²) in [5.41, 5.74) is 4.26. The number of likely N-dealkylation sites (tertiary alicyclic amines) is 1. The Morgan fingerprint density at radius 3 is 2.40 bits per heavy atom. The minimum absolute atomic E-state index is 0.249. The first-order valence-corrected chi connectivity index (χ1v) is 10.5. The van der Waals surface area contributed by atoms with Gasteiger partial charge in [0.25, 0.3) is 5.89 Å². The highest BCUT2D eigenvalue weighted by Gasteiger charge is 2.27. The molecule has 0 aliphatic carbocycles. The Morgan fingerprint density at radius 1 is 1.10 bits per heavy atom. The largest absolute Gasteiger partial charge is 0.481 e. The van der Waals surface area contributed by atoms with Crippen molar-refractivity contribution in [3.63, 3.8) is 0 Å². The molecular formula is C24H27N3O3. The summed E-state index contributed by atoms with van der Waals surface area (Å²) in [5, 5.41) is 13.3. The minimum Gasteiger partial charge on any atom is -0.481 e. The van der Waals surface area contributed by atoms with Gasteiger partial charge in [-0.15, -0.1) is 0 Å². The number of carboxylic acid groups (broad SMARTS) is 1. The number of carbonyl (C=O) groups is 1.